The molecule has 9 aromatic carbocycles. The van der Waals surface area contributed by atoms with Crippen LogP contribution in [0.4, 0.5) is 34.1 Å². The Morgan fingerprint density at radius 1 is 0.351 bits per heavy atom. The number of rotatable bonds is 12. The Morgan fingerprint density at radius 3 is 1.04 bits per heavy atom. The molecule has 4 aliphatic rings. The first-order valence-corrected chi connectivity index (χ1v) is 28.1. The summed E-state index contributed by atoms with van der Waals surface area (Å²) in [5.41, 5.74) is 17.5. The van der Waals surface area contributed by atoms with Gasteiger partial charge in [0.15, 0.2) is 0 Å². The van der Waals surface area contributed by atoms with Crippen LogP contribution in [0, 0.1) is 21.0 Å². The van der Waals surface area contributed by atoms with E-state index < -0.39 is 0 Å². The van der Waals surface area contributed by atoms with Crippen molar-refractivity contribution >= 4 is 126 Å². The largest absolute Gasteiger partial charge is 0.458 e. The Kier molecular flexibility index (Phi) is 12.3. The molecule has 0 unspecified atom stereocenters. The van der Waals surface area contributed by atoms with Gasteiger partial charge >= 0.3 is 0 Å². The van der Waals surface area contributed by atoms with Crippen molar-refractivity contribution in [2.24, 2.45) is 0 Å². The second-order valence-electron chi connectivity index (χ2n) is 20.2. The Labute approximate surface area is 462 Å². The fraction of sp³-hybridized carbons (Fsp3) is 0.156. The van der Waals surface area contributed by atoms with Gasteiger partial charge in [-0.05, 0) is 214 Å². The maximum Gasteiger partial charge on any atom is 0.260 e. The summed E-state index contributed by atoms with van der Waals surface area (Å²) >= 11 is 4.76. The zero-order valence-electron chi connectivity index (χ0n) is 41.8. The minimum absolute atomic E-state index is 0.159. The molecule has 0 N–H and O–H groups in total. The van der Waals surface area contributed by atoms with Crippen LogP contribution in [-0.2, 0) is 12.8 Å². The first-order chi connectivity index (χ1) is 36.2. The molecule has 0 bridgehead atoms. The number of anilines is 6. The fourth-order valence-corrected chi connectivity index (χ4v) is 12.1. The highest BCUT2D eigenvalue weighted by molar-refractivity contribution is 14.1. The Hall–Kier alpha value is -6.63. The van der Waals surface area contributed by atoms with Crippen molar-refractivity contribution in [2.45, 2.75) is 66.2 Å². The number of aryl methyl sites for hydroxylation is 4. The lowest BCUT2D eigenvalue weighted by Gasteiger charge is -2.38. The van der Waals surface area contributed by atoms with Crippen LogP contribution in [0.1, 0.15) is 61.8 Å². The quantitative estimate of drug-likeness (QED) is 0.0897. The van der Waals surface area contributed by atoms with Crippen molar-refractivity contribution in [3.63, 3.8) is 0 Å². The molecule has 0 saturated carbocycles. The third kappa shape index (κ3) is 8.42. The van der Waals surface area contributed by atoms with E-state index in [-0.39, 0.29) is 13.4 Å². The monoisotopic (exact) mass is 1190 g/mol. The lowest BCUT2D eigenvalue weighted by Crippen LogP contribution is -2.61. The Bertz CT molecular complexity index is 3420. The van der Waals surface area contributed by atoms with Crippen molar-refractivity contribution in [1.82, 2.24) is 0 Å². The summed E-state index contributed by atoms with van der Waals surface area (Å²) in [4.78, 5) is 4.62. The Balaban J connectivity index is 0.968. The summed E-state index contributed by atoms with van der Waals surface area (Å²) in [6.07, 6.45) is 6.78. The van der Waals surface area contributed by atoms with Gasteiger partial charge in [-0.25, -0.2) is 0 Å². The van der Waals surface area contributed by atoms with Gasteiger partial charge < -0.3 is 28.7 Å². The van der Waals surface area contributed by atoms with Crippen molar-refractivity contribution in [3.8, 4) is 46.0 Å². The zero-order valence-corrected chi connectivity index (χ0v) is 46.2. The van der Waals surface area contributed by atoms with E-state index in [9.17, 15) is 0 Å². The molecule has 0 amide bonds. The molecule has 10 heteroatoms. The maximum absolute atomic E-state index is 7.25. The van der Waals surface area contributed by atoms with Gasteiger partial charge in [-0.15, -0.1) is 0 Å². The number of halogens is 2. The third-order valence-electron chi connectivity index (χ3n) is 15.1. The highest BCUT2D eigenvalue weighted by Crippen LogP contribution is 2.46. The van der Waals surface area contributed by atoms with Crippen LogP contribution in [0.25, 0.3) is 0 Å². The summed E-state index contributed by atoms with van der Waals surface area (Å²) in [7, 11) is 0. The van der Waals surface area contributed by atoms with Gasteiger partial charge in [-0.3, -0.25) is 0 Å². The molecule has 74 heavy (non-hydrogen) atoms. The van der Waals surface area contributed by atoms with E-state index in [1.165, 1.54) is 18.3 Å². The second-order valence-corrected chi connectivity index (χ2v) is 22.7. The summed E-state index contributed by atoms with van der Waals surface area (Å²) in [6, 6.07) is 61.9. The topological polar surface area (TPSA) is 43.4 Å². The van der Waals surface area contributed by atoms with Crippen LogP contribution in [-0.4, -0.2) is 13.4 Å². The van der Waals surface area contributed by atoms with Crippen LogP contribution < -0.4 is 61.5 Å². The maximum atomic E-state index is 7.25. The average Bonchev–Trinajstić information content (AvgIpc) is 3.42. The fourth-order valence-electron chi connectivity index (χ4n) is 11.4. The molecule has 9 aromatic rings. The molecule has 0 fully saturated rings. The minimum atomic E-state index is -0.159. The molecular formula is C64H52B2I2N2O4. The van der Waals surface area contributed by atoms with Gasteiger partial charge in [0.2, 0.25) is 0 Å². The number of hydrogen-bond acceptors (Lipinski definition) is 6. The van der Waals surface area contributed by atoms with Gasteiger partial charge in [0.05, 0.1) is 11.4 Å². The predicted octanol–water partition coefficient (Wildman–Crippen LogP) is 14.6. The van der Waals surface area contributed by atoms with Crippen molar-refractivity contribution < 1.29 is 18.9 Å². The van der Waals surface area contributed by atoms with Crippen LogP contribution in [0.2, 0.25) is 0 Å². The molecule has 0 radical (unpaired) electrons. The van der Waals surface area contributed by atoms with Crippen molar-refractivity contribution in [1.29, 1.82) is 0 Å². The Morgan fingerprint density at radius 2 is 0.689 bits per heavy atom. The van der Waals surface area contributed by atoms with Gasteiger partial charge in [0.25, 0.3) is 13.4 Å². The summed E-state index contributed by atoms with van der Waals surface area (Å²) in [5.74, 6) is 6.33. The second kappa shape index (κ2) is 19.3. The van der Waals surface area contributed by atoms with E-state index in [1.54, 1.807) is 0 Å². The molecule has 0 aliphatic carbocycles. The number of ether oxygens (including phenoxy) is 4. The van der Waals surface area contributed by atoms with Crippen LogP contribution in [0.3, 0.4) is 0 Å². The predicted molar refractivity (Wildman–Crippen MR) is 323 cm³/mol. The van der Waals surface area contributed by atoms with Gasteiger partial charge in [-0.1, -0.05) is 81.3 Å². The molecular weight excluding hydrogens is 1140 g/mol. The van der Waals surface area contributed by atoms with Crippen molar-refractivity contribution in [2.75, 3.05) is 9.80 Å². The summed E-state index contributed by atoms with van der Waals surface area (Å²) < 4.78 is 30.9. The van der Waals surface area contributed by atoms with Crippen molar-refractivity contribution in [3.05, 3.63) is 199 Å². The summed E-state index contributed by atoms with van der Waals surface area (Å²) in [5, 5.41) is 0. The SMILES string of the molecule is CCCCc1ccc(N(c2ccc(I)cc2)c2cc3c4c(c2)Oc2cc5c(cc2B4c2ccc(C)cc2O3)B2c3ccc(C)cc3Oc3cc(N(c4ccc(I)cc4)c4ccc(CCCC)cc4)cc(c32)O5)cc1. The number of nitrogens with zero attached hydrogens (tertiary/aromatic N) is 2. The average molecular weight is 1190 g/mol. The standard InChI is InChI=1S/C64H52B2I2N2O4/c1-5-7-9-41-13-21-45(22-14-41)69(47-25-17-43(67)18-26-47)49-33-59-63-61(35-49)73-57-38-58-54(37-53(57)65(63)51-29-11-39(3)31-55(51)71-59)66-52-30-12-40(4)32-56(52)72-60-34-50(36-62(74-58)64(60)66)70(48-27-19-44(68)20-28-48)46-23-15-42(16-24-46)10-8-6-2/h11-38H,5-10H2,1-4H3. The van der Waals surface area contributed by atoms with Crippen LogP contribution >= 0.6 is 45.2 Å². The van der Waals surface area contributed by atoms with E-state index in [0.717, 1.165) is 163 Å². The van der Waals surface area contributed by atoms with E-state index in [1.807, 2.05) is 0 Å². The van der Waals surface area contributed by atoms with E-state index >= 15 is 0 Å². The molecule has 13 rings (SSSR count). The first-order valence-electron chi connectivity index (χ1n) is 25.9. The van der Waals surface area contributed by atoms with Gasteiger partial charge in [0.1, 0.15) is 46.0 Å². The lowest BCUT2D eigenvalue weighted by molar-refractivity contribution is 0.452. The molecule has 4 aliphatic heterocycles. The van der Waals surface area contributed by atoms with Crippen LogP contribution in [0.5, 0.6) is 46.0 Å². The van der Waals surface area contributed by atoms with E-state index in [4.69, 9.17) is 18.9 Å². The highest BCUT2D eigenvalue weighted by Gasteiger charge is 2.46. The lowest BCUT2D eigenvalue weighted by atomic mass is 9.31. The van der Waals surface area contributed by atoms with E-state index in [0.29, 0.717) is 0 Å². The number of benzene rings is 9. The molecule has 0 aromatic heterocycles. The molecule has 362 valence electrons. The number of fused-ring (bicyclic) bond motifs is 8. The van der Waals surface area contributed by atoms with Crippen LogP contribution in [0.15, 0.2) is 170 Å². The molecule has 0 saturated heterocycles. The highest BCUT2D eigenvalue weighted by atomic mass is 127. The normalized spacial score (nSPS) is 12.9. The minimum Gasteiger partial charge on any atom is -0.458 e. The summed E-state index contributed by atoms with van der Waals surface area (Å²) in [6.45, 7) is 8.43. The molecule has 0 spiro atoms. The van der Waals surface area contributed by atoms with E-state index in [2.05, 4.69) is 253 Å². The molecule has 4 heterocycles. The smallest absolute Gasteiger partial charge is 0.260 e. The molecule has 0 atom stereocenters. The molecule has 6 nitrogen and oxygen atoms in total. The third-order valence-corrected chi connectivity index (χ3v) is 16.5. The number of hydrogen-bond donors (Lipinski definition) is 0. The van der Waals surface area contributed by atoms with Gasteiger partial charge in [-0.2, -0.15) is 0 Å². The first kappa shape index (κ1) is 47.1. The number of unbranched alkanes of at least 4 members (excludes halogenated alkanes) is 2. The van der Waals surface area contributed by atoms with Gasteiger partial charge in [0, 0.05) is 71.1 Å². The zero-order chi connectivity index (χ0) is 50.2.